The SMILES string of the molecule is Cc1ccc(N/N=C\c2c(O)cc(C)oc2=O)cc1. The molecule has 0 aliphatic rings. The average molecular weight is 258 g/mol. The standard InChI is InChI=1S/C14H14N2O3/c1-9-3-5-11(6-4-9)16-15-8-12-13(17)7-10(2)19-14(12)18/h3-8,16-17H,1-2H3/b15-8-. The number of nitrogens with zero attached hydrogens (tertiary/aromatic N) is 1. The predicted molar refractivity (Wildman–Crippen MR) is 73.8 cm³/mol. The molecule has 0 saturated heterocycles. The van der Waals surface area contributed by atoms with Crippen molar-refractivity contribution < 1.29 is 9.52 Å². The number of aryl methyl sites for hydroxylation is 2. The fraction of sp³-hybridized carbons (Fsp3) is 0.143. The summed E-state index contributed by atoms with van der Waals surface area (Å²) in [5.41, 5.74) is 4.10. The molecule has 0 aliphatic heterocycles. The van der Waals surface area contributed by atoms with Gasteiger partial charge in [-0.15, -0.1) is 0 Å². The van der Waals surface area contributed by atoms with E-state index in [0.717, 1.165) is 11.3 Å². The van der Waals surface area contributed by atoms with Gasteiger partial charge in [0.05, 0.1) is 11.9 Å². The lowest BCUT2D eigenvalue weighted by Gasteiger charge is -2.01. The van der Waals surface area contributed by atoms with Crippen LogP contribution in [0.1, 0.15) is 16.9 Å². The molecule has 98 valence electrons. The van der Waals surface area contributed by atoms with Crippen molar-refractivity contribution in [2.24, 2.45) is 5.10 Å². The summed E-state index contributed by atoms with van der Waals surface area (Å²) in [5.74, 6) is 0.203. The van der Waals surface area contributed by atoms with E-state index < -0.39 is 5.63 Å². The first kappa shape index (κ1) is 12.9. The van der Waals surface area contributed by atoms with Crippen LogP contribution in [-0.2, 0) is 0 Å². The first-order valence-electron chi connectivity index (χ1n) is 5.76. The van der Waals surface area contributed by atoms with Gasteiger partial charge in [0.15, 0.2) is 0 Å². The van der Waals surface area contributed by atoms with E-state index >= 15 is 0 Å². The zero-order valence-corrected chi connectivity index (χ0v) is 10.7. The number of benzene rings is 1. The van der Waals surface area contributed by atoms with Crippen molar-refractivity contribution in [1.82, 2.24) is 0 Å². The lowest BCUT2D eigenvalue weighted by molar-refractivity contribution is 0.433. The highest BCUT2D eigenvalue weighted by Gasteiger charge is 2.06. The van der Waals surface area contributed by atoms with Crippen molar-refractivity contribution in [3.05, 3.63) is 57.6 Å². The predicted octanol–water partition coefficient (Wildman–Crippen LogP) is 2.41. The Labute approximate surface area is 110 Å². The van der Waals surface area contributed by atoms with E-state index in [4.69, 9.17) is 4.42 Å². The van der Waals surface area contributed by atoms with Gasteiger partial charge in [-0.05, 0) is 26.0 Å². The maximum absolute atomic E-state index is 11.5. The molecule has 1 aromatic carbocycles. The van der Waals surface area contributed by atoms with E-state index in [9.17, 15) is 9.90 Å². The number of hydrazone groups is 1. The highest BCUT2D eigenvalue weighted by atomic mass is 16.4. The molecule has 0 spiro atoms. The van der Waals surface area contributed by atoms with Crippen LogP contribution in [0.3, 0.4) is 0 Å². The maximum Gasteiger partial charge on any atom is 0.348 e. The second-order valence-corrected chi connectivity index (χ2v) is 4.18. The summed E-state index contributed by atoms with van der Waals surface area (Å²) in [6, 6.07) is 8.98. The molecule has 2 aromatic rings. The molecule has 0 amide bonds. The third-order valence-electron chi connectivity index (χ3n) is 2.53. The normalized spacial score (nSPS) is 10.8. The van der Waals surface area contributed by atoms with Gasteiger partial charge in [-0.25, -0.2) is 4.79 Å². The molecule has 0 atom stereocenters. The molecular formula is C14H14N2O3. The second-order valence-electron chi connectivity index (χ2n) is 4.18. The van der Waals surface area contributed by atoms with Crippen molar-refractivity contribution >= 4 is 11.9 Å². The van der Waals surface area contributed by atoms with Gasteiger partial charge in [-0.3, -0.25) is 5.43 Å². The second kappa shape index (κ2) is 5.39. The zero-order chi connectivity index (χ0) is 13.8. The van der Waals surface area contributed by atoms with Crippen LogP contribution in [0, 0.1) is 13.8 Å². The summed E-state index contributed by atoms with van der Waals surface area (Å²) in [4.78, 5) is 11.5. The third kappa shape index (κ3) is 3.22. The summed E-state index contributed by atoms with van der Waals surface area (Å²) in [5, 5.41) is 13.5. The molecule has 2 rings (SSSR count). The number of nitrogens with one attached hydrogen (secondary N) is 1. The van der Waals surface area contributed by atoms with Crippen molar-refractivity contribution in [2.45, 2.75) is 13.8 Å². The summed E-state index contributed by atoms with van der Waals surface area (Å²) in [7, 11) is 0. The number of hydrogen-bond acceptors (Lipinski definition) is 5. The highest BCUT2D eigenvalue weighted by molar-refractivity contribution is 5.83. The molecule has 0 unspecified atom stereocenters. The molecule has 0 bridgehead atoms. The van der Waals surface area contributed by atoms with Gasteiger partial charge in [-0.2, -0.15) is 5.10 Å². The smallest absolute Gasteiger partial charge is 0.348 e. The topological polar surface area (TPSA) is 74.8 Å². The van der Waals surface area contributed by atoms with Gasteiger partial charge >= 0.3 is 5.63 Å². The molecule has 19 heavy (non-hydrogen) atoms. The fourth-order valence-electron chi connectivity index (χ4n) is 1.52. The van der Waals surface area contributed by atoms with Crippen LogP contribution >= 0.6 is 0 Å². The highest BCUT2D eigenvalue weighted by Crippen LogP contribution is 2.13. The minimum atomic E-state index is -0.619. The number of rotatable bonds is 3. The lowest BCUT2D eigenvalue weighted by atomic mass is 10.2. The van der Waals surface area contributed by atoms with E-state index in [-0.39, 0.29) is 11.3 Å². The lowest BCUT2D eigenvalue weighted by Crippen LogP contribution is -2.08. The molecule has 0 radical (unpaired) electrons. The Bertz CT molecular complexity index is 657. The summed E-state index contributed by atoms with van der Waals surface area (Å²) >= 11 is 0. The Morgan fingerprint density at radius 2 is 1.95 bits per heavy atom. The molecule has 2 N–H and O–H groups in total. The van der Waals surface area contributed by atoms with Gasteiger partial charge in [-0.1, -0.05) is 17.7 Å². The van der Waals surface area contributed by atoms with Gasteiger partial charge in [0.2, 0.25) is 0 Å². The zero-order valence-electron chi connectivity index (χ0n) is 10.7. The van der Waals surface area contributed by atoms with E-state index in [1.807, 2.05) is 31.2 Å². The Kier molecular flexibility index (Phi) is 3.66. The minimum absolute atomic E-state index is 0.0187. The van der Waals surface area contributed by atoms with Crippen LogP contribution in [-0.4, -0.2) is 11.3 Å². The van der Waals surface area contributed by atoms with Crippen molar-refractivity contribution in [1.29, 1.82) is 0 Å². The Morgan fingerprint density at radius 1 is 1.26 bits per heavy atom. The molecular weight excluding hydrogens is 244 g/mol. The molecule has 5 nitrogen and oxygen atoms in total. The minimum Gasteiger partial charge on any atom is -0.507 e. The van der Waals surface area contributed by atoms with Gasteiger partial charge in [0.25, 0.3) is 0 Å². The first-order valence-corrected chi connectivity index (χ1v) is 5.76. The van der Waals surface area contributed by atoms with E-state index in [1.54, 1.807) is 6.92 Å². The molecule has 0 fully saturated rings. The van der Waals surface area contributed by atoms with Crippen LogP contribution in [0.15, 0.2) is 44.6 Å². The first-order chi connectivity index (χ1) is 9.06. The van der Waals surface area contributed by atoms with Gasteiger partial charge in [0.1, 0.15) is 17.1 Å². The summed E-state index contributed by atoms with van der Waals surface area (Å²) in [6.07, 6.45) is 1.24. The average Bonchev–Trinajstić information content (AvgIpc) is 2.34. The van der Waals surface area contributed by atoms with Crippen molar-refractivity contribution in [3.8, 4) is 5.75 Å². The van der Waals surface area contributed by atoms with Gasteiger partial charge < -0.3 is 9.52 Å². The molecule has 0 aliphatic carbocycles. The molecule has 5 heteroatoms. The monoisotopic (exact) mass is 258 g/mol. The van der Waals surface area contributed by atoms with Crippen molar-refractivity contribution in [3.63, 3.8) is 0 Å². The Morgan fingerprint density at radius 3 is 2.58 bits per heavy atom. The van der Waals surface area contributed by atoms with Crippen LogP contribution in [0.4, 0.5) is 5.69 Å². The molecule has 0 saturated carbocycles. The van der Waals surface area contributed by atoms with Crippen LogP contribution in [0.2, 0.25) is 0 Å². The van der Waals surface area contributed by atoms with Crippen LogP contribution < -0.4 is 11.1 Å². The summed E-state index contributed by atoms with van der Waals surface area (Å²) < 4.78 is 4.87. The quantitative estimate of drug-likeness (QED) is 0.655. The Hall–Kier alpha value is -2.56. The number of hydrogen-bond donors (Lipinski definition) is 2. The van der Waals surface area contributed by atoms with Crippen LogP contribution in [0.5, 0.6) is 5.75 Å². The Balaban J connectivity index is 2.15. The molecule has 1 heterocycles. The fourth-order valence-corrected chi connectivity index (χ4v) is 1.52. The number of aromatic hydroxyl groups is 1. The molecule has 1 aromatic heterocycles. The van der Waals surface area contributed by atoms with E-state index in [0.29, 0.717) is 5.76 Å². The van der Waals surface area contributed by atoms with Gasteiger partial charge in [0, 0.05) is 6.07 Å². The maximum atomic E-state index is 11.5. The van der Waals surface area contributed by atoms with Crippen molar-refractivity contribution in [2.75, 3.05) is 5.43 Å². The number of anilines is 1. The van der Waals surface area contributed by atoms with E-state index in [2.05, 4.69) is 10.5 Å². The van der Waals surface area contributed by atoms with E-state index in [1.165, 1.54) is 12.3 Å². The summed E-state index contributed by atoms with van der Waals surface area (Å²) in [6.45, 7) is 3.58. The van der Waals surface area contributed by atoms with Crippen LogP contribution in [0.25, 0.3) is 0 Å². The third-order valence-corrected chi connectivity index (χ3v) is 2.53. The largest absolute Gasteiger partial charge is 0.507 e.